The fourth-order valence-corrected chi connectivity index (χ4v) is 4.29. The van der Waals surface area contributed by atoms with Gasteiger partial charge in [0.05, 0.1) is 8.66 Å². The normalized spacial score (nSPS) is 19.9. The summed E-state index contributed by atoms with van der Waals surface area (Å²) in [6.07, 6.45) is 0. The largest absolute Gasteiger partial charge is 0.480 e. The second-order valence-corrected chi connectivity index (χ2v) is 7.51. The van der Waals surface area contributed by atoms with Crippen LogP contribution < -0.4 is 0 Å². The molecule has 0 bridgehead atoms. The van der Waals surface area contributed by atoms with Crippen molar-refractivity contribution in [2.75, 3.05) is 18.1 Å². The van der Waals surface area contributed by atoms with Gasteiger partial charge in [0.15, 0.2) is 0 Å². The molecule has 1 fully saturated rings. The summed E-state index contributed by atoms with van der Waals surface area (Å²) >= 11 is 6.31. The first-order valence-electron chi connectivity index (χ1n) is 5.38. The highest BCUT2D eigenvalue weighted by molar-refractivity contribution is 9.11. The lowest BCUT2D eigenvalue weighted by Crippen LogP contribution is -2.50. The number of thioether (sulfide) groups is 1. The summed E-state index contributed by atoms with van der Waals surface area (Å²) in [4.78, 5) is 25.5. The minimum absolute atomic E-state index is 0.179. The average Bonchev–Trinajstić information content (AvgIpc) is 2.68. The van der Waals surface area contributed by atoms with Gasteiger partial charge in [0.25, 0.3) is 5.91 Å². The summed E-state index contributed by atoms with van der Waals surface area (Å²) < 4.78 is 0.920. The molecular formula is C11H12BrNO3S2. The quantitative estimate of drug-likeness (QED) is 0.890. The van der Waals surface area contributed by atoms with E-state index in [4.69, 9.17) is 5.11 Å². The lowest BCUT2D eigenvalue weighted by atomic mass is 10.2. The van der Waals surface area contributed by atoms with E-state index in [1.165, 1.54) is 16.2 Å². The van der Waals surface area contributed by atoms with Gasteiger partial charge in [0, 0.05) is 18.1 Å². The molecule has 98 valence electrons. The van der Waals surface area contributed by atoms with Crippen molar-refractivity contribution in [3.05, 3.63) is 20.3 Å². The molecule has 0 spiro atoms. The number of thiophene rings is 1. The molecule has 0 aromatic carbocycles. The molecule has 2 rings (SSSR count). The van der Waals surface area contributed by atoms with Gasteiger partial charge in [-0.3, -0.25) is 4.79 Å². The number of aliphatic carboxylic acids is 1. The Bertz CT molecular complexity index is 469. The van der Waals surface area contributed by atoms with Gasteiger partial charge in [0.1, 0.15) is 6.04 Å². The zero-order chi connectivity index (χ0) is 13.3. The highest BCUT2D eigenvalue weighted by Gasteiger charge is 2.33. The van der Waals surface area contributed by atoms with Crippen LogP contribution in [0.15, 0.2) is 9.85 Å². The molecule has 0 aliphatic carbocycles. The number of amides is 1. The Morgan fingerprint density at radius 2 is 2.28 bits per heavy atom. The van der Waals surface area contributed by atoms with E-state index in [1.54, 1.807) is 17.8 Å². The highest BCUT2D eigenvalue weighted by Crippen LogP contribution is 2.29. The molecule has 0 radical (unpaired) electrons. The summed E-state index contributed by atoms with van der Waals surface area (Å²) in [6.45, 7) is 2.41. The van der Waals surface area contributed by atoms with Crippen LogP contribution in [0.1, 0.15) is 15.2 Å². The summed E-state index contributed by atoms with van der Waals surface area (Å²) in [7, 11) is 0. The van der Waals surface area contributed by atoms with E-state index in [2.05, 4.69) is 15.9 Å². The van der Waals surface area contributed by atoms with Crippen LogP contribution in [-0.2, 0) is 4.79 Å². The van der Waals surface area contributed by atoms with Gasteiger partial charge < -0.3 is 10.0 Å². The second-order valence-electron chi connectivity index (χ2n) is 3.99. The monoisotopic (exact) mass is 349 g/mol. The Morgan fingerprint density at radius 1 is 1.56 bits per heavy atom. The molecule has 1 aliphatic rings. The number of aryl methyl sites for hydroxylation is 1. The van der Waals surface area contributed by atoms with Crippen LogP contribution >= 0.6 is 39.0 Å². The van der Waals surface area contributed by atoms with Crippen molar-refractivity contribution in [3.63, 3.8) is 0 Å². The maximum Gasteiger partial charge on any atom is 0.327 e. The van der Waals surface area contributed by atoms with Gasteiger partial charge in [-0.2, -0.15) is 11.8 Å². The van der Waals surface area contributed by atoms with E-state index in [1.807, 2.05) is 6.92 Å². The number of carboxylic acids is 1. The molecule has 2 heterocycles. The molecule has 1 aromatic heterocycles. The molecule has 1 aromatic rings. The summed E-state index contributed by atoms with van der Waals surface area (Å²) in [5.41, 5.74) is 1.00. The number of halogens is 1. The first-order chi connectivity index (χ1) is 8.50. The number of carbonyl (C=O) groups excluding carboxylic acids is 1. The molecule has 1 atom stereocenters. The highest BCUT2D eigenvalue weighted by atomic mass is 79.9. The van der Waals surface area contributed by atoms with Gasteiger partial charge in [-0.1, -0.05) is 0 Å². The zero-order valence-electron chi connectivity index (χ0n) is 9.68. The molecular weight excluding hydrogens is 338 g/mol. The summed E-state index contributed by atoms with van der Waals surface area (Å²) in [5, 5.41) is 9.15. The SMILES string of the molecule is Cc1cc(C(=O)N2CCSCC2C(=O)O)sc1Br. The fourth-order valence-electron chi connectivity index (χ4n) is 1.76. The number of carbonyl (C=O) groups is 2. The minimum atomic E-state index is -0.928. The number of hydrogen-bond acceptors (Lipinski definition) is 4. The average molecular weight is 350 g/mol. The molecule has 1 N–H and O–H groups in total. The third-order valence-electron chi connectivity index (χ3n) is 2.74. The van der Waals surface area contributed by atoms with Gasteiger partial charge in [-0.15, -0.1) is 11.3 Å². The van der Waals surface area contributed by atoms with Crippen LogP contribution in [-0.4, -0.2) is 46.0 Å². The van der Waals surface area contributed by atoms with Crippen LogP contribution in [0.5, 0.6) is 0 Å². The Hall–Kier alpha value is -0.530. The molecule has 0 saturated carbocycles. The molecule has 1 saturated heterocycles. The number of carboxylic acid groups (broad SMARTS) is 1. The van der Waals surface area contributed by atoms with Crippen molar-refractivity contribution < 1.29 is 14.7 Å². The van der Waals surface area contributed by atoms with Gasteiger partial charge in [0.2, 0.25) is 0 Å². The number of nitrogens with zero attached hydrogens (tertiary/aromatic N) is 1. The second kappa shape index (κ2) is 5.63. The lowest BCUT2D eigenvalue weighted by Gasteiger charge is -2.32. The third-order valence-corrected chi connectivity index (χ3v) is 5.89. The van der Waals surface area contributed by atoms with Crippen LogP contribution in [0.2, 0.25) is 0 Å². The van der Waals surface area contributed by atoms with E-state index in [0.717, 1.165) is 15.1 Å². The van der Waals surface area contributed by atoms with Gasteiger partial charge in [-0.05, 0) is 34.5 Å². The van der Waals surface area contributed by atoms with E-state index in [-0.39, 0.29) is 5.91 Å². The first kappa shape index (κ1) is 13.9. The first-order valence-corrected chi connectivity index (χ1v) is 8.14. The predicted octanol–water partition coefficient (Wildman–Crippen LogP) is 2.46. The molecule has 4 nitrogen and oxygen atoms in total. The predicted molar refractivity (Wildman–Crippen MR) is 76.5 cm³/mol. The van der Waals surface area contributed by atoms with E-state index >= 15 is 0 Å². The lowest BCUT2D eigenvalue weighted by molar-refractivity contribution is -0.141. The Balaban J connectivity index is 2.23. The third kappa shape index (κ3) is 2.73. The maximum absolute atomic E-state index is 12.3. The fraction of sp³-hybridized carbons (Fsp3) is 0.455. The zero-order valence-corrected chi connectivity index (χ0v) is 12.9. The molecule has 7 heteroatoms. The topological polar surface area (TPSA) is 57.6 Å². The van der Waals surface area contributed by atoms with Crippen LogP contribution in [0, 0.1) is 6.92 Å². The van der Waals surface area contributed by atoms with E-state index in [9.17, 15) is 9.59 Å². The van der Waals surface area contributed by atoms with Crippen LogP contribution in [0.3, 0.4) is 0 Å². The standard InChI is InChI=1S/C11H12BrNO3S2/c1-6-4-8(18-9(6)12)10(14)13-2-3-17-5-7(13)11(15)16/h4,7H,2-3,5H2,1H3,(H,15,16). The van der Waals surface area contributed by atoms with Crippen molar-refractivity contribution in [1.29, 1.82) is 0 Å². The Kier molecular flexibility index (Phi) is 4.34. The Labute approximate surface area is 121 Å². The van der Waals surface area contributed by atoms with Crippen molar-refractivity contribution in [1.82, 2.24) is 4.90 Å². The van der Waals surface area contributed by atoms with Crippen molar-refractivity contribution >= 4 is 50.9 Å². The van der Waals surface area contributed by atoms with E-state index < -0.39 is 12.0 Å². The van der Waals surface area contributed by atoms with Crippen LogP contribution in [0.25, 0.3) is 0 Å². The summed E-state index contributed by atoms with van der Waals surface area (Å²) in [5.74, 6) is 0.151. The van der Waals surface area contributed by atoms with Crippen molar-refractivity contribution in [2.24, 2.45) is 0 Å². The minimum Gasteiger partial charge on any atom is -0.480 e. The molecule has 18 heavy (non-hydrogen) atoms. The van der Waals surface area contributed by atoms with Crippen LogP contribution in [0.4, 0.5) is 0 Å². The molecule has 1 unspecified atom stereocenters. The van der Waals surface area contributed by atoms with Gasteiger partial charge in [-0.25, -0.2) is 4.79 Å². The van der Waals surface area contributed by atoms with Gasteiger partial charge >= 0.3 is 5.97 Å². The molecule has 1 amide bonds. The maximum atomic E-state index is 12.3. The van der Waals surface area contributed by atoms with E-state index in [0.29, 0.717) is 17.2 Å². The Morgan fingerprint density at radius 3 is 2.83 bits per heavy atom. The smallest absolute Gasteiger partial charge is 0.327 e. The molecule has 1 aliphatic heterocycles. The van der Waals surface area contributed by atoms with Crippen molar-refractivity contribution in [3.8, 4) is 0 Å². The number of hydrogen-bond donors (Lipinski definition) is 1. The summed E-state index contributed by atoms with van der Waals surface area (Å²) in [6, 6.07) is 1.09. The number of rotatable bonds is 2. The van der Waals surface area contributed by atoms with Crippen molar-refractivity contribution in [2.45, 2.75) is 13.0 Å².